The Balaban J connectivity index is 0.000000755. The van der Waals surface area contributed by atoms with Gasteiger partial charge in [-0.25, -0.2) is 0 Å². The third-order valence-corrected chi connectivity index (χ3v) is 6.22. The number of piperazine rings is 1. The zero-order valence-corrected chi connectivity index (χ0v) is 16.7. The molecule has 0 radical (unpaired) electrons. The van der Waals surface area contributed by atoms with Gasteiger partial charge in [0.1, 0.15) is 10.6 Å². The van der Waals surface area contributed by atoms with Crippen molar-refractivity contribution < 1.29 is 23.1 Å². The molecule has 1 aliphatic rings. The van der Waals surface area contributed by atoms with Gasteiger partial charge in [0, 0.05) is 37.3 Å². The van der Waals surface area contributed by atoms with E-state index in [0.29, 0.717) is 11.3 Å². The maximum absolute atomic E-state index is 13.2. The number of benzene rings is 2. The van der Waals surface area contributed by atoms with Crippen LogP contribution in [-0.4, -0.2) is 62.5 Å². The number of rotatable bonds is 4. The molecule has 2 aromatic carbocycles. The lowest BCUT2D eigenvalue weighted by Gasteiger charge is -2.29. The number of aromatic nitrogens is 2. The number of fused-ring (bicyclic) bond motifs is 1. The Hall–Kier alpha value is -3.11. The summed E-state index contributed by atoms with van der Waals surface area (Å²) in [4.78, 5) is 10.7. The van der Waals surface area contributed by atoms with Gasteiger partial charge in [-0.3, -0.25) is 4.79 Å². The third-order valence-electron chi connectivity index (χ3n) is 4.58. The lowest BCUT2D eigenvalue weighted by atomic mass is 10.2. The Morgan fingerprint density at radius 2 is 1.86 bits per heavy atom. The number of anilines is 1. The molecule has 0 unspecified atom stereocenters. The zero-order valence-electron chi connectivity index (χ0n) is 15.9. The molecular weight excluding hydrogens is 396 g/mol. The molecule has 0 atom stereocenters. The van der Waals surface area contributed by atoms with Gasteiger partial charge >= 0.3 is 0 Å². The highest BCUT2D eigenvalue weighted by atomic mass is 32.2. The second kappa shape index (κ2) is 8.93. The van der Waals surface area contributed by atoms with Crippen LogP contribution in [0.4, 0.5) is 5.69 Å². The van der Waals surface area contributed by atoms with Crippen LogP contribution in [0.3, 0.4) is 0 Å². The maximum Gasteiger partial charge on any atom is 0.290 e. The van der Waals surface area contributed by atoms with Crippen LogP contribution < -0.4 is 15.0 Å². The second-order valence-electron chi connectivity index (χ2n) is 6.23. The molecule has 10 heteroatoms. The standard InChI is InChI=1S/C18H20N4O3S.CH2O2/c1-25-17-4-2-3-5-18(17)26(23,24)22-16-12-15(7-6-14(16)13-20-22)21-10-8-19-9-11-21;2-1-3/h2-7,12-13,19H,8-11H2,1H3;1H,(H,2,3). The van der Waals surface area contributed by atoms with E-state index in [1.54, 1.807) is 24.4 Å². The topological polar surface area (TPSA) is 114 Å². The third kappa shape index (κ3) is 4.17. The molecule has 0 amide bonds. The molecule has 1 saturated heterocycles. The number of hydrogen-bond donors (Lipinski definition) is 2. The molecule has 1 aliphatic heterocycles. The Kier molecular flexibility index (Phi) is 6.35. The van der Waals surface area contributed by atoms with E-state index in [0.717, 1.165) is 41.3 Å². The van der Waals surface area contributed by atoms with Crippen LogP contribution >= 0.6 is 0 Å². The van der Waals surface area contributed by atoms with Crippen LogP contribution in [0, 0.1) is 0 Å². The Labute approximate surface area is 168 Å². The minimum absolute atomic E-state index is 0.0973. The molecule has 9 nitrogen and oxygen atoms in total. The van der Waals surface area contributed by atoms with E-state index < -0.39 is 10.0 Å². The number of para-hydroxylation sites is 1. The van der Waals surface area contributed by atoms with Gasteiger partial charge in [0.15, 0.2) is 0 Å². The fourth-order valence-electron chi connectivity index (χ4n) is 3.22. The van der Waals surface area contributed by atoms with Crippen molar-refractivity contribution in [3.05, 3.63) is 48.7 Å². The molecule has 0 spiro atoms. The van der Waals surface area contributed by atoms with Crippen LogP contribution in [0.2, 0.25) is 0 Å². The summed E-state index contributed by atoms with van der Waals surface area (Å²) in [6.45, 7) is 3.35. The van der Waals surface area contributed by atoms with Crippen LogP contribution in [0.5, 0.6) is 5.75 Å². The zero-order chi connectivity index (χ0) is 20.9. The average Bonchev–Trinajstić information content (AvgIpc) is 3.19. The first-order chi connectivity index (χ1) is 14.0. The van der Waals surface area contributed by atoms with Crippen molar-refractivity contribution in [1.82, 2.24) is 14.5 Å². The van der Waals surface area contributed by atoms with Crippen molar-refractivity contribution in [2.75, 3.05) is 38.2 Å². The van der Waals surface area contributed by atoms with Crippen molar-refractivity contribution >= 4 is 33.1 Å². The van der Waals surface area contributed by atoms with Crippen molar-refractivity contribution in [3.8, 4) is 5.75 Å². The summed E-state index contributed by atoms with van der Waals surface area (Å²) in [7, 11) is -2.41. The number of nitrogens with zero attached hydrogens (tertiary/aromatic N) is 3. The number of carbonyl (C=O) groups is 1. The van der Waals surface area contributed by atoms with Crippen molar-refractivity contribution in [2.45, 2.75) is 4.90 Å². The summed E-state index contributed by atoms with van der Waals surface area (Å²) < 4.78 is 32.7. The first-order valence-corrected chi connectivity index (χ1v) is 10.4. The van der Waals surface area contributed by atoms with Gasteiger partial charge < -0.3 is 20.1 Å². The summed E-state index contributed by atoms with van der Waals surface area (Å²) in [5.41, 5.74) is 1.56. The van der Waals surface area contributed by atoms with E-state index in [9.17, 15) is 8.42 Å². The lowest BCUT2D eigenvalue weighted by Crippen LogP contribution is -2.43. The molecule has 0 aliphatic carbocycles. The summed E-state index contributed by atoms with van der Waals surface area (Å²) in [6.07, 6.45) is 1.57. The molecule has 154 valence electrons. The molecule has 0 bridgehead atoms. The molecule has 1 fully saturated rings. The monoisotopic (exact) mass is 418 g/mol. The quantitative estimate of drug-likeness (QED) is 0.611. The van der Waals surface area contributed by atoms with Crippen molar-refractivity contribution in [1.29, 1.82) is 0 Å². The Bertz CT molecular complexity index is 1090. The predicted molar refractivity (Wildman–Crippen MR) is 109 cm³/mol. The second-order valence-corrected chi connectivity index (χ2v) is 7.96. The summed E-state index contributed by atoms with van der Waals surface area (Å²) in [6, 6.07) is 12.4. The summed E-state index contributed by atoms with van der Waals surface area (Å²) in [5, 5.41) is 15.1. The largest absolute Gasteiger partial charge is 0.495 e. The number of hydrogen-bond acceptors (Lipinski definition) is 7. The molecule has 3 aromatic rings. The van der Waals surface area contributed by atoms with Gasteiger partial charge in [0.05, 0.1) is 18.8 Å². The molecule has 0 saturated carbocycles. The minimum atomic E-state index is -3.86. The van der Waals surface area contributed by atoms with E-state index in [2.05, 4.69) is 15.3 Å². The average molecular weight is 418 g/mol. The normalized spacial score (nSPS) is 14.2. The molecule has 2 N–H and O–H groups in total. The van der Waals surface area contributed by atoms with Gasteiger partial charge in [-0.1, -0.05) is 12.1 Å². The fraction of sp³-hybridized carbons (Fsp3) is 0.263. The highest BCUT2D eigenvalue weighted by Crippen LogP contribution is 2.29. The van der Waals surface area contributed by atoms with Crippen LogP contribution in [-0.2, 0) is 14.8 Å². The van der Waals surface area contributed by atoms with Crippen molar-refractivity contribution in [2.24, 2.45) is 0 Å². The predicted octanol–water partition coefficient (Wildman–Crippen LogP) is 1.39. The first kappa shape index (κ1) is 20.6. The first-order valence-electron chi connectivity index (χ1n) is 8.93. The SMILES string of the molecule is COc1ccccc1S(=O)(=O)n1ncc2ccc(N3CCNCC3)cc21.O=CO. The molecule has 2 heterocycles. The van der Waals surface area contributed by atoms with E-state index in [1.807, 2.05) is 18.2 Å². The van der Waals surface area contributed by atoms with Gasteiger partial charge in [-0.15, -0.1) is 0 Å². The van der Waals surface area contributed by atoms with Crippen LogP contribution in [0.1, 0.15) is 0 Å². The molecule has 4 rings (SSSR count). The van der Waals surface area contributed by atoms with Crippen LogP contribution in [0.15, 0.2) is 53.6 Å². The highest BCUT2D eigenvalue weighted by molar-refractivity contribution is 7.90. The summed E-state index contributed by atoms with van der Waals surface area (Å²) >= 11 is 0. The fourth-order valence-corrected chi connectivity index (χ4v) is 4.65. The summed E-state index contributed by atoms with van der Waals surface area (Å²) in [5.74, 6) is 0.300. The molecule has 1 aromatic heterocycles. The Morgan fingerprint density at radius 3 is 2.55 bits per heavy atom. The minimum Gasteiger partial charge on any atom is -0.495 e. The highest BCUT2D eigenvalue weighted by Gasteiger charge is 2.24. The molecule has 29 heavy (non-hydrogen) atoms. The van der Waals surface area contributed by atoms with Gasteiger partial charge in [-0.05, 0) is 30.3 Å². The van der Waals surface area contributed by atoms with Crippen LogP contribution in [0.25, 0.3) is 10.9 Å². The number of methoxy groups -OCH3 is 1. The van der Waals surface area contributed by atoms with Gasteiger partial charge in [-0.2, -0.15) is 17.6 Å². The lowest BCUT2D eigenvalue weighted by molar-refractivity contribution is -0.122. The van der Waals surface area contributed by atoms with Gasteiger partial charge in [0.2, 0.25) is 0 Å². The maximum atomic E-state index is 13.2. The Morgan fingerprint density at radius 1 is 1.17 bits per heavy atom. The number of nitrogens with one attached hydrogen (secondary N) is 1. The van der Waals surface area contributed by atoms with Gasteiger partial charge in [0.25, 0.3) is 16.5 Å². The van der Waals surface area contributed by atoms with E-state index in [-0.39, 0.29) is 11.4 Å². The smallest absolute Gasteiger partial charge is 0.290 e. The number of ether oxygens (including phenoxy) is 1. The van der Waals surface area contributed by atoms with E-state index in [1.165, 1.54) is 13.2 Å². The van der Waals surface area contributed by atoms with Crippen molar-refractivity contribution in [3.63, 3.8) is 0 Å². The number of carboxylic acid groups (broad SMARTS) is 1. The molecular formula is C19H22N4O5S. The van der Waals surface area contributed by atoms with E-state index in [4.69, 9.17) is 14.6 Å². The van der Waals surface area contributed by atoms with E-state index >= 15 is 0 Å².